The quantitative estimate of drug-likeness (QED) is 0.663. The molecular weight excluding hydrogens is 344 g/mol. The molecule has 4 heteroatoms. The van der Waals surface area contributed by atoms with Crippen LogP contribution in [0, 0.1) is 0 Å². The van der Waals surface area contributed by atoms with Crippen LogP contribution >= 0.6 is 27.3 Å². The van der Waals surface area contributed by atoms with Gasteiger partial charge in [-0.2, -0.15) is 0 Å². The summed E-state index contributed by atoms with van der Waals surface area (Å²) in [6, 6.07) is 21.0. The third kappa shape index (κ3) is 3.79. The number of thiophene rings is 1. The lowest BCUT2D eigenvalue weighted by atomic mass is 10.1. The SMILES string of the molecule is Brc1cccc(CNC(c2ccccc2)c2cccs2)n1. The van der Waals surface area contributed by atoms with Gasteiger partial charge < -0.3 is 0 Å². The molecule has 0 bridgehead atoms. The van der Waals surface area contributed by atoms with Gasteiger partial charge in [-0.25, -0.2) is 4.98 Å². The van der Waals surface area contributed by atoms with E-state index in [9.17, 15) is 0 Å². The van der Waals surface area contributed by atoms with E-state index in [1.165, 1.54) is 10.4 Å². The van der Waals surface area contributed by atoms with Gasteiger partial charge in [0.25, 0.3) is 0 Å². The zero-order chi connectivity index (χ0) is 14.5. The lowest BCUT2D eigenvalue weighted by molar-refractivity contribution is 0.604. The maximum absolute atomic E-state index is 4.48. The van der Waals surface area contributed by atoms with Crippen molar-refractivity contribution in [3.05, 3.63) is 86.8 Å². The lowest BCUT2D eigenvalue weighted by Crippen LogP contribution is -2.21. The number of benzene rings is 1. The molecule has 3 rings (SSSR count). The molecule has 2 nitrogen and oxygen atoms in total. The summed E-state index contributed by atoms with van der Waals surface area (Å²) < 4.78 is 0.870. The van der Waals surface area contributed by atoms with Crippen LogP contribution in [0.5, 0.6) is 0 Å². The van der Waals surface area contributed by atoms with Crippen LogP contribution in [0.2, 0.25) is 0 Å². The first-order valence-corrected chi connectivity index (χ1v) is 8.43. The van der Waals surface area contributed by atoms with E-state index < -0.39 is 0 Å². The van der Waals surface area contributed by atoms with Gasteiger partial charge >= 0.3 is 0 Å². The van der Waals surface area contributed by atoms with Crippen LogP contribution in [0.1, 0.15) is 22.2 Å². The Hall–Kier alpha value is -1.49. The van der Waals surface area contributed by atoms with Gasteiger partial charge in [0.05, 0.1) is 11.7 Å². The molecule has 0 spiro atoms. The van der Waals surface area contributed by atoms with Gasteiger partial charge in [0.2, 0.25) is 0 Å². The van der Waals surface area contributed by atoms with Crippen LogP contribution in [0.3, 0.4) is 0 Å². The van der Waals surface area contributed by atoms with Crippen molar-refractivity contribution in [1.29, 1.82) is 0 Å². The minimum atomic E-state index is 0.201. The minimum Gasteiger partial charge on any atom is -0.300 e. The smallest absolute Gasteiger partial charge is 0.106 e. The number of nitrogens with zero attached hydrogens (tertiary/aromatic N) is 1. The van der Waals surface area contributed by atoms with Crippen LogP contribution in [-0.2, 0) is 6.54 Å². The van der Waals surface area contributed by atoms with Crippen molar-refractivity contribution < 1.29 is 0 Å². The molecule has 106 valence electrons. The number of nitrogens with one attached hydrogen (secondary N) is 1. The number of pyridine rings is 1. The second kappa shape index (κ2) is 6.98. The lowest BCUT2D eigenvalue weighted by Gasteiger charge is -2.18. The monoisotopic (exact) mass is 358 g/mol. The molecule has 0 saturated heterocycles. The third-order valence-corrected chi connectivity index (χ3v) is 4.60. The molecule has 0 aliphatic rings. The first-order chi connectivity index (χ1) is 10.3. The van der Waals surface area contributed by atoms with Crippen molar-refractivity contribution in [3.8, 4) is 0 Å². The molecule has 0 amide bonds. The summed E-state index contributed by atoms with van der Waals surface area (Å²) in [7, 11) is 0. The standard InChI is InChI=1S/C17H15BrN2S/c18-16-10-4-8-14(20-16)12-19-17(15-9-5-11-21-15)13-6-2-1-3-7-13/h1-11,17,19H,12H2. The summed E-state index contributed by atoms with van der Waals surface area (Å²) in [5.41, 5.74) is 2.30. The van der Waals surface area contributed by atoms with E-state index in [2.05, 4.69) is 68.0 Å². The van der Waals surface area contributed by atoms with E-state index in [0.29, 0.717) is 0 Å². The van der Waals surface area contributed by atoms with E-state index in [0.717, 1.165) is 16.8 Å². The van der Waals surface area contributed by atoms with Gasteiger partial charge in [0.15, 0.2) is 0 Å². The first kappa shape index (κ1) is 14.4. The molecule has 2 heterocycles. The molecule has 0 fully saturated rings. The molecule has 0 aliphatic carbocycles. The van der Waals surface area contributed by atoms with Crippen molar-refractivity contribution in [2.75, 3.05) is 0 Å². The normalized spacial score (nSPS) is 12.2. The van der Waals surface area contributed by atoms with E-state index in [-0.39, 0.29) is 6.04 Å². The summed E-state index contributed by atoms with van der Waals surface area (Å²) in [4.78, 5) is 5.79. The fraction of sp³-hybridized carbons (Fsp3) is 0.118. The largest absolute Gasteiger partial charge is 0.300 e. The van der Waals surface area contributed by atoms with Crippen LogP contribution < -0.4 is 5.32 Å². The number of hydrogen-bond donors (Lipinski definition) is 1. The zero-order valence-corrected chi connectivity index (χ0v) is 13.8. The highest BCUT2D eigenvalue weighted by Gasteiger charge is 2.14. The average Bonchev–Trinajstić information content (AvgIpc) is 3.03. The zero-order valence-electron chi connectivity index (χ0n) is 11.4. The summed E-state index contributed by atoms with van der Waals surface area (Å²) in [6.07, 6.45) is 0. The highest BCUT2D eigenvalue weighted by atomic mass is 79.9. The molecule has 0 radical (unpaired) electrons. The Bertz CT molecular complexity index is 683. The molecule has 1 aromatic carbocycles. The highest BCUT2D eigenvalue weighted by Crippen LogP contribution is 2.26. The van der Waals surface area contributed by atoms with Gasteiger partial charge in [0, 0.05) is 11.4 Å². The topological polar surface area (TPSA) is 24.9 Å². The van der Waals surface area contributed by atoms with E-state index in [1.54, 1.807) is 11.3 Å². The van der Waals surface area contributed by atoms with Crippen LogP contribution in [-0.4, -0.2) is 4.98 Å². The summed E-state index contributed by atoms with van der Waals surface area (Å²) in [6.45, 7) is 0.733. The Morgan fingerprint density at radius 3 is 2.57 bits per heavy atom. The Labute approximate surface area is 137 Å². The summed E-state index contributed by atoms with van der Waals surface area (Å²) in [5, 5.41) is 5.72. The Morgan fingerprint density at radius 2 is 1.86 bits per heavy atom. The third-order valence-electron chi connectivity index (χ3n) is 3.22. The molecular formula is C17H15BrN2S. The van der Waals surface area contributed by atoms with Gasteiger partial charge in [-0.15, -0.1) is 11.3 Å². The highest BCUT2D eigenvalue weighted by molar-refractivity contribution is 9.10. The predicted octanol–water partition coefficient (Wildman–Crippen LogP) is 4.78. The molecule has 1 unspecified atom stereocenters. The van der Waals surface area contributed by atoms with E-state index in [1.807, 2.05) is 24.3 Å². The average molecular weight is 359 g/mol. The van der Waals surface area contributed by atoms with Gasteiger partial charge in [-0.3, -0.25) is 5.32 Å². The summed E-state index contributed by atoms with van der Waals surface area (Å²) in [5.74, 6) is 0. The molecule has 3 aromatic rings. The Morgan fingerprint density at radius 1 is 1.00 bits per heavy atom. The number of aromatic nitrogens is 1. The maximum Gasteiger partial charge on any atom is 0.106 e. The number of rotatable bonds is 5. The van der Waals surface area contributed by atoms with Crippen LogP contribution in [0.4, 0.5) is 0 Å². The fourth-order valence-corrected chi connectivity index (χ4v) is 3.45. The van der Waals surface area contributed by atoms with Crippen molar-refractivity contribution in [3.63, 3.8) is 0 Å². The molecule has 0 aliphatic heterocycles. The van der Waals surface area contributed by atoms with Gasteiger partial charge in [-0.1, -0.05) is 42.5 Å². The molecule has 1 N–H and O–H groups in total. The summed E-state index contributed by atoms with van der Waals surface area (Å²) >= 11 is 5.19. The molecule has 2 aromatic heterocycles. The van der Waals surface area contributed by atoms with Crippen molar-refractivity contribution in [2.24, 2.45) is 0 Å². The number of halogens is 1. The Balaban J connectivity index is 1.80. The van der Waals surface area contributed by atoms with Crippen molar-refractivity contribution in [1.82, 2.24) is 10.3 Å². The molecule has 21 heavy (non-hydrogen) atoms. The van der Waals surface area contributed by atoms with E-state index >= 15 is 0 Å². The van der Waals surface area contributed by atoms with E-state index in [4.69, 9.17) is 0 Å². The Kier molecular flexibility index (Phi) is 4.80. The van der Waals surface area contributed by atoms with Gasteiger partial charge in [-0.05, 0) is 45.1 Å². The van der Waals surface area contributed by atoms with Crippen molar-refractivity contribution >= 4 is 27.3 Å². The molecule has 0 saturated carbocycles. The number of hydrogen-bond acceptors (Lipinski definition) is 3. The van der Waals surface area contributed by atoms with Crippen molar-refractivity contribution in [2.45, 2.75) is 12.6 Å². The fourth-order valence-electron chi connectivity index (χ4n) is 2.24. The maximum atomic E-state index is 4.48. The van der Waals surface area contributed by atoms with Crippen LogP contribution in [0.25, 0.3) is 0 Å². The van der Waals surface area contributed by atoms with Crippen LogP contribution in [0.15, 0.2) is 70.6 Å². The van der Waals surface area contributed by atoms with Gasteiger partial charge in [0.1, 0.15) is 4.60 Å². The first-order valence-electron chi connectivity index (χ1n) is 6.76. The minimum absolute atomic E-state index is 0.201. The second-order valence-corrected chi connectivity index (χ2v) is 6.48. The molecule has 1 atom stereocenters. The predicted molar refractivity (Wildman–Crippen MR) is 91.4 cm³/mol. The second-order valence-electron chi connectivity index (χ2n) is 4.69.